The molecular formula is C21H16N2O2Se2. The van der Waals surface area contributed by atoms with Gasteiger partial charge in [-0.3, -0.25) is 0 Å². The Morgan fingerprint density at radius 2 is 1.63 bits per heavy atom. The van der Waals surface area contributed by atoms with E-state index in [-0.39, 0.29) is 41.2 Å². The minimum atomic E-state index is -0.0180. The van der Waals surface area contributed by atoms with Crippen LogP contribution in [0.3, 0.4) is 0 Å². The Labute approximate surface area is 169 Å². The summed E-state index contributed by atoms with van der Waals surface area (Å²) in [5, 5.41) is 4.20. The maximum atomic E-state index is 12.6. The van der Waals surface area contributed by atoms with Gasteiger partial charge in [0, 0.05) is 0 Å². The number of nitrogens with one attached hydrogen (secondary N) is 1. The normalized spacial score (nSPS) is 10.8. The van der Waals surface area contributed by atoms with Crippen LogP contribution in [-0.4, -0.2) is 39.2 Å². The predicted molar refractivity (Wildman–Crippen MR) is 112 cm³/mol. The van der Waals surface area contributed by atoms with Crippen LogP contribution in [0.5, 0.6) is 0 Å². The molecule has 134 valence electrons. The summed E-state index contributed by atoms with van der Waals surface area (Å²) in [6, 6.07) is 25.3. The molecule has 0 unspecified atom stereocenters. The molecular weight excluding hydrogens is 470 g/mol. The van der Waals surface area contributed by atoms with Crippen LogP contribution in [0.25, 0.3) is 15.3 Å². The first kappa shape index (κ1) is 18.0. The number of amides is 1. The topological polar surface area (TPSA) is 51.1 Å². The van der Waals surface area contributed by atoms with Crippen molar-refractivity contribution < 1.29 is 4.79 Å². The monoisotopic (exact) mass is 488 g/mol. The van der Waals surface area contributed by atoms with Crippen LogP contribution in [0.1, 0.15) is 0 Å². The number of anilines is 1. The van der Waals surface area contributed by atoms with Crippen LogP contribution in [0.15, 0.2) is 83.7 Å². The fourth-order valence-electron chi connectivity index (χ4n) is 2.69. The van der Waals surface area contributed by atoms with Crippen molar-refractivity contribution in [3.8, 4) is 5.69 Å². The molecule has 0 aliphatic rings. The van der Waals surface area contributed by atoms with Gasteiger partial charge >= 0.3 is 169 Å². The zero-order valence-electron chi connectivity index (χ0n) is 14.3. The molecule has 1 aromatic heterocycles. The van der Waals surface area contributed by atoms with Crippen molar-refractivity contribution in [3.05, 3.63) is 89.2 Å². The van der Waals surface area contributed by atoms with Gasteiger partial charge in [0.25, 0.3) is 0 Å². The van der Waals surface area contributed by atoms with E-state index in [4.69, 9.17) is 0 Å². The van der Waals surface area contributed by atoms with Crippen molar-refractivity contribution in [2.45, 2.75) is 5.32 Å². The van der Waals surface area contributed by atoms with Gasteiger partial charge in [0.05, 0.1) is 0 Å². The molecule has 0 bridgehead atoms. The van der Waals surface area contributed by atoms with E-state index in [1.165, 1.54) is 0 Å². The fraction of sp³-hybridized carbons (Fsp3) is 0.0476. The Kier molecular flexibility index (Phi) is 5.42. The standard InChI is InChI=1S/C21H16N2O2Se2/c24-20(22-15-6-2-1-3-7-15)14-26-17-12-10-16(11-13-17)23-21(25)18-8-4-5-9-19(18)27-23/h1-13H,14H2,(H,22,24). The molecule has 1 N–H and O–H groups in total. The molecule has 4 rings (SSSR count). The first-order valence-corrected chi connectivity index (χ1v) is 12.1. The zero-order valence-corrected chi connectivity index (χ0v) is 17.7. The Morgan fingerprint density at radius 3 is 2.37 bits per heavy atom. The molecule has 27 heavy (non-hydrogen) atoms. The number of carbonyl (C=O) groups excluding carboxylic acids is 1. The van der Waals surface area contributed by atoms with Crippen molar-refractivity contribution in [1.82, 2.24) is 3.56 Å². The predicted octanol–water partition coefficient (Wildman–Crippen LogP) is 2.43. The van der Waals surface area contributed by atoms with E-state index in [1.54, 1.807) is 0 Å². The molecule has 4 aromatic rings. The van der Waals surface area contributed by atoms with Gasteiger partial charge in [-0.1, -0.05) is 0 Å². The number of aromatic nitrogens is 1. The molecule has 1 amide bonds. The molecule has 1 heterocycles. The number of para-hydroxylation sites is 1. The molecule has 0 radical (unpaired) electrons. The molecule has 0 saturated carbocycles. The summed E-state index contributed by atoms with van der Waals surface area (Å²) in [5.74, 6) is 0.0266. The van der Waals surface area contributed by atoms with Crippen LogP contribution >= 0.6 is 0 Å². The molecule has 0 spiro atoms. The van der Waals surface area contributed by atoms with Gasteiger partial charge in [0.2, 0.25) is 0 Å². The number of hydrogen-bond donors (Lipinski definition) is 1. The third kappa shape index (κ3) is 4.15. The van der Waals surface area contributed by atoms with Gasteiger partial charge in [0.1, 0.15) is 0 Å². The summed E-state index contributed by atoms with van der Waals surface area (Å²) < 4.78 is 4.13. The summed E-state index contributed by atoms with van der Waals surface area (Å²) in [5.41, 5.74) is 1.82. The van der Waals surface area contributed by atoms with Gasteiger partial charge in [0.15, 0.2) is 0 Å². The van der Waals surface area contributed by atoms with E-state index in [9.17, 15) is 9.59 Å². The molecule has 0 atom stereocenters. The Bertz CT molecular complexity index is 1130. The van der Waals surface area contributed by atoms with Crippen LogP contribution < -0.4 is 15.3 Å². The summed E-state index contributed by atoms with van der Waals surface area (Å²) in [6.45, 7) is 0. The molecule has 0 saturated heterocycles. The molecule has 0 fully saturated rings. The average Bonchev–Trinajstić information content (AvgIpc) is 3.04. The second-order valence-corrected chi connectivity index (χ2v) is 10.2. The Hall–Kier alpha value is -2.36. The van der Waals surface area contributed by atoms with Crippen molar-refractivity contribution in [3.63, 3.8) is 0 Å². The van der Waals surface area contributed by atoms with Crippen LogP contribution in [-0.2, 0) is 4.79 Å². The van der Waals surface area contributed by atoms with E-state index in [2.05, 4.69) is 5.32 Å². The molecule has 3 aromatic carbocycles. The van der Waals surface area contributed by atoms with Crippen molar-refractivity contribution >= 4 is 55.4 Å². The third-order valence-electron chi connectivity index (χ3n) is 3.99. The zero-order chi connectivity index (χ0) is 18.6. The van der Waals surface area contributed by atoms with E-state index in [1.807, 2.05) is 82.4 Å². The first-order valence-electron chi connectivity index (χ1n) is 8.40. The van der Waals surface area contributed by atoms with Crippen LogP contribution in [0.4, 0.5) is 5.69 Å². The Morgan fingerprint density at radius 1 is 0.926 bits per heavy atom. The average molecular weight is 486 g/mol. The van der Waals surface area contributed by atoms with E-state index in [0.717, 1.165) is 25.5 Å². The summed E-state index contributed by atoms with van der Waals surface area (Å²) in [7, 11) is 0. The second-order valence-electron chi connectivity index (χ2n) is 5.88. The van der Waals surface area contributed by atoms with E-state index in [0.29, 0.717) is 5.32 Å². The van der Waals surface area contributed by atoms with Crippen LogP contribution in [0.2, 0.25) is 5.32 Å². The SMILES string of the molecule is O=C(C[Se]c1ccc(-n2[se]c3ccccc3c2=O)cc1)Nc1ccccc1. The first-order chi connectivity index (χ1) is 13.2. The van der Waals surface area contributed by atoms with Crippen molar-refractivity contribution in [2.75, 3.05) is 5.32 Å². The van der Waals surface area contributed by atoms with Gasteiger partial charge in [-0.15, -0.1) is 0 Å². The number of nitrogens with zero attached hydrogens (tertiary/aromatic N) is 1. The summed E-state index contributed by atoms with van der Waals surface area (Å²) in [4.78, 5) is 24.6. The number of benzene rings is 3. The van der Waals surface area contributed by atoms with Crippen molar-refractivity contribution in [1.29, 1.82) is 0 Å². The van der Waals surface area contributed by atoms with E-state index >= 15 is 0 Å². The van der Waals surface area contributed by atoms with Gasteiger partial charge in [-0.2, -0.15) is 0 Å². The molecule has 0 aliphatic carbocycles. The minimum absolute atomic E-state index is 0.0180. The fourth-order valence-corrected chi connectivity index (χ4v) is 6.25. The molecule has 6 heteroatoms. The Balaban J connectivity index is 1.43. The van der Waals surface area contributed by atoms with Gasteiger partial charge in [-0.25, -0.2) is 0 Å². The van der Waals surface area contributed by atoms with Gasteiger partial charge < -0.3 is 0 Å². The van der Waals surface area contributed by atoms with Gasteiger partial charge in [-0.05, 0) is 0 Å². The number of fused-ring (bicyclic) bond motifs is 1. The quantitative estimate of drug-likeness (QED) is 0.441. The number of rotatable bonds is 5. The molecule has 0 aliphatic heterocycles. The number of hydrogen-bond acceptors (Lipinski definition) is 2. The van der Waals surface area contributed by atoms with E-state index < -0.39 is 0 Å². The van der Waals surface area contributed by atoms with Crippen molar-refractivity contribution in [2.24, 2.45) is 0 Å². The third-order valence-corrected chi connectivity index (χ3v) is 8.45. The summed E-state index contributed by atoms with van der Waals surface area (Å²) in [6.07, 6.45) is 0. The number of carbonyl (C=O) groups is 1. The maximum absolute atomic E-state index is 12.6. The second kappa shape index (κ2) is 8.12. The molecule has 4 nitrogen and oxygen atoms in total. The van der Waals surface area contributed by atoms with Crippen LogP contribution in [0, 0.1) is 0 Å². The summed E-state index contributed by atoms with van der Waals surface area (Å²) >= 11 is 0.0381.